The molecule has 0 saturated heterocycles. The van der Waals surface area contributed by atoms with Gasteiger partial charge in [-0.25, -0.2) is 0 Å². The average molecular weight is 230 g/mol. The Bertz CT molecular complexity index is 552. The molecular formula is C13H14N2O2. The van der Waals surface area contributed by atoms with Crippen molar-refractivity contribution >= 4 is 16.7 Å². The largest absolute Gasteiger partial charge is 0.508 e. The lowest BCUT2D eigenvalue weighted by molar-refractivity contribution is -0.117. The van der Waals surface area contributed by atoms with Gasteiger partial charge in [-0.2, -0.15) is 0 Å². The van der Waals surface area contributed by atoms with Crippen molar-refractivity contribution in [1.82, 2.24) is 5.32 Å². The van der Waals surface area contributed by atoms with E-state index in [4.69, 9.17) is 5.73 Å². The number of carbonyl (C=O) groups excluding carboxylic acids is 1. The first-order valence-corrected chi connectivity index (χ1v) is 5.37. The van der Waals surface area contributed by atoms with Crippen LogP contribution >= 0.6 is 0 Å². The lowest BCUT2D eigenvalue weighted by Gasteiger charge is -2.09. The zero-order valence-electron chi connectivity index (χ0n) is 9.31. The van der Waals surface area contributed by atoms with Crippen LogP contribution in [0.3, 0.4) is 0 Å². The van der Waals surface area contributed by atoms with Crippen molar-refractivity contribution in [3.05, 3.63) is 42.0 Å². The van der Waals surface area contributed by atoms with Crippen LogP contribution in [-0.4, -0.2) is 17.6 Å². The van der Waals surface area contributed by atoms with Crippen LogP contribution in [0, 0.1) is 0 Å². The molecule has 17 heavy (non-hydrogen) atoms. The number of nitrogens with two attached hydrogens (primary N) is 1. The molecule has 4 N–H and O–H groups in total. The fourth-order valence-corrected chi connectivity index (χ4v) is 1.82. The van der Waals surface area contributed by atoms with Gasteiger partial charge in [-0.3, -0.25) is 4.79 Å². The van der Waals surface area contributed by atoms with E-state index < -0.39 is 5.91 Å². The summed E-state index contributed by atoms with van der Waals surface area (Å²) >= 11 is 0. The minimum Gasteiger partial charge on any atom is -0.508 e. The Morgan fingerprint density at radius 1 is 1.24 bits per heavy atom. The Balaban J connectivity index is 2.31. The summed E-state index contributed by atoms with van der Waals surface area (Å²) in [6.07, 6.45) is 0. The van der Waals surface area contributed by atoms with Crippen molar-refractivity contribution in [3.8, 4) is 5.75 Å². The zero-order chi connectivity index (χ0) is 12.3. The highest BCUT2D eigenvalue weighted by Crippen LogP contribution is 2.26. The van der Waals surface area contributed by atoms with Crippen LogP contribution in [0.15, 0.2) is 36.4 Å². The summed E-state index contributed by atoms with van der Waals surface area (Å²) in [7, 11) is 0. The standard InChI is InChI=1S/C13H14N2O2/c14-13(17)8-15-7-11-10-4-2-1-3-9(10)5-6-12(11)16/h1-6,15-16H,7-8H2,(H2,14,17). The van der Waals surface area contributed by atoms with E-state index in [1.54, 1.807) is 6.07 Å². The van der Waals surface area contributed by atoms with E-state index in [0.717, 1.165) is 16.3 Å². The zero-order valence-corrected chi connectivity index (χ0v) is 9.31. The van der Waals surface area contributed by atoms with Gasteiger partial charge in [0.2, 0.25) is 5.91 Å². The number of amides is 1. The van der Waals surface area contributed by atoms with Crippen molar-refractivity contribution in [1.29, 1.82) is 0 Å². The lowest BCUT2D eigenvalue weighted by Crippen LogP contribution is -2.28. The molecular weight excluding hydrogens is 216 g/mol. The smallest absolute Gasteiger partial charge is 0.231 e. The molecule has 4 heteroatoms. The molecule has 0 heterocycles. The Labute approximate surface area is 99.1 Å². The van der Waals surface area contributed by atoms with Gasteiger partial charge in [0.15, 0.2) is 0 Å². The van der Waals surface area contributed by atoms with Crippen LogP contribution in [0.1, 0.15) is 5.56 Å². The number of rotatable bonds is 4. The quantitative estimate of drug-likeness (QED) is 0.736. The number of carbonyl (C=O) groups is 1. The maximum atomic E-state index is 10.6. The van der Waals surface area contributed by atoms with E-state index in [2.05, 4.69) is 5.32 Å². The molecule has 0 unspecified atom stereocenters. The fraction of sp³-hybridized carbons (Fsp3) is 0.154. The first-order valence-electron chi connectivity index (χ1n) is 5.37. The average Bonchev–Trinajstić information content (AvgIpc) is 2.32. The Morgan fingerprint density at radius 2 is 2.00 bits per heavy atom. The van der Waals surface area contributed by atoms with Gasteiger partial charge >= 0.3 is 0 Å². The summed E-state index contributed by atoms with van der Waals surface area (Å²) in [5.41, 5.74) is 5.83. The van der Waals surface area contributed by atoms with Crippen LogP contribution in [0.25, 0.3) is 10.8 Å². The van der Waals surface area contributed by atoms with Crippen molar-refractivity contribution in [3.63, 3.8) is 0 Å². The molecule has 2 aromatic rings. The summed E-state index contributed by atoms with van der Waals surface area (Å²) in [5.74, 6) is -0.189. The maximum absolute atomic E-state index is 10.6. The normalized spacial score (nSPS) is 10.6. The van der Waals surface area contributed by atoms with Gasteiger partial charge in [0, 0.05) is 12.1 Å². The second-order valence-electron chi connectivity index (χ2n) is 3.85. The SMILES string of the molecule is NC(=O)CNCc1c(O)ccc2ccccc12. The Morgan fingerprint density at radius 3 is 2.76 bits per heavy atom. The number of aromatic hydroxyl groups is 1. The summed E-state index contributed by atoms with van der Waals surface area (Å²) in [6.45, 7) is 0.513. The van der Waals surface area contributed by atoms with Crippen LogP contribution in [0.2, 0.25) is 0 Å². The third kappa shape index (κ3) is 2.54. The first-order chi connectivity index (χ1) is 8.18. The number of primary amides is 1. The van der Waals surface area contributed by atoms with E-state index in [9.17, 15) is 9.90 Å². The molecule has 0 atom stereocenters. The Hall–Kier alpha value is -2.07. The van der Waals surface area contributed by atoms with Crippen molar-refractivity contribution < 1.29 is 9.90 Å². The van der Waals surface area contributed by atoms with E-state index >= 15 is 0 Å². The van der Waals surface area contributed by atoms with Gasteiger partial charge in [-0.05, 0) is 16.8 Å². The molecule has 0 spiro atoms. The molecule has 4 nitrogen and oxygen atoms in total. The van der Waals surface area contributed by atoms with Crippen molar-refractivity contribution in [2.45, 2.75) is 6.54 Å². The van der Waals surface area contributed by atoms with Crippen LogP contribution in [-0.2, 0) is 11.3 Å². The highest BCUT2D eigenvalue weighted by Gasteiger charge is 2.06. The van der Waals surface area contributed by atoms with Crippen LogP contribution in [0.4, 0.5) is 0 Å². The number of hydrogen-bond acceptors (Lipinski definition) is 3. The van der Waals surface area contributed by atoms with Crippen LogP contribution in [0.5, 0.6) is 5.75 Å². The molecule has 0 aromatic heterocycles. The summed E-state index contributed by atoms with van der Waals surface area (Å²) < 4.78 is 0. The highest BCUT2D eigenvalue weighted by atomic mass is 16.3. The summed E-state index contributed by atoms with van der Waals surface area (Å²) in [5, 5.41) is 14.8. The molecule has 88 valence electrons. The van der Waals surface area contributed by atoms with Gasteiger partial charge in [-0.1, -0.05) is 30.3 Å². The monoisotopic (exact) mass is 230 g/mol. The summed E-state index contributed by atoms with van der Waals surface area (Å²) in [4.78, 5) is 10.6. The predicted octanol–water partition coefficient (Wildman–Crippen LogP) is 1.12. The van der Waals surface area contributed by atoms with Gasteiger partial charge in [0.05, 0.1) is 6.54 Å². The number of phenolic OH excluding ortho intramolecular Hbond substituents is 1. The molecule has 2 rings (SSSR count). The number of benzene rings is 2. The minimum absolute atomic E-state index is 0.0999. The lowest BCUT2D eigenvalue weighted by atomic mass is 10.0. The number of hydrogen-bond donors (Lipinski definition) is 3. The molecule has 0 aliphatic carbocycles. The number of nitrogens with one attached hydrogen (secondary N) is 1. The van der Waals surface area contributed by atoms with E-state index in [1.165, 1.54) is 0 Å². The van der Waals surface area contributed by atoms with Gasteiger partial charge in [-0.15, -0.1) is 0 Å². The first kappa shape index (κ1) is 11.4. The third-order valence-electron chi connectivity index (χ3n) is 2.62. The molecule has 0 aliphatic heterocycles. The molecule has 2 aromatic carbocycles. The van der Waals surface area contributed by atoms with Gasteiger partial charge in [0.25, 0.3) is 0 Å². The second-order valence-corrected chi connectivity index (χ2v) is 3.85. The maximum Gasteiger partial charge on any atom is 0.231 e. The number of phenols is 1. The van der Waals surface area contributed by atoms with Crippen LogP contribution < -0.4 is 11.1 Å². The third-order valence-corrected chi connectivity index (χ3v) is 2.62. The molecule has 1 amide bonds. The molecule has 0 saturated carbocycles. The Kier molecular flexibility index (Phi) is 3.25. The summed E-state index contributed by atoms with van der Waals surface area (Å²) in [6, 6.07) is 11.3. The topological polar surface area (TPSA) is 75.4 Å². The van der Waals surface area contributed by atoms with Crippen molar-refractivity contribution in [2.75, 3.05) is 6.54 Å². The number of fused-ring (bicyclic) bond motifs is 1. The molecule has 0 radical (unpaired) electrons. The molecule has 0 fully saturated rings. The van der Waals surface area contributed by atoms with Gasteiger partial charge < -0.3 is 16.2 Å². The van der Waals surface area contributed by atoms with E-state index in [1.807, 2.05) is 30.3 Å². The fourth-order valence-electron chi connectivity index (χ4n) is 1.82. The minimum atomic E-state index is -0.412. The van der Waals surface area contributed by atoms with E-state index in [-0.39, 0.29) is 12.3 Å². The molecule has 0 aliphatic rings. The van der Waals surface area contributed by atoms with Crippen molar-refractivity contribution in [2.24, 2.45) is 5.73 Å². The van der Waals surface area contributed by atoms with Gasteiger partial charge in [0.1, 0.15) is 5.75 Å². The van der Waals surface area contributed by atoms with E-state index in [0.29, 0.717) is 6.54 Å². The predicted molar refractivity (Wildman–Crippen MR) is 66.5 cm³/mol. The second kappa shape index (κ2) is 4.84. The molecule has 0 bridgehead atoms. The highest BCUT2D eigenvalue weighted by molar-refractivity contribution is 5.87.